The van der Waals surface area contributed by atoms with Crippen LogP contribution >= 0.6 is 0 Å². The number of benzene rings is 2. The lowest BCUT2D eigenvalue weighted by atomic mass is 9.94. The minimum atomic E-state index is -4.10. The van der Waals surface area contributed by atoms with Gasteiger partial charge in [0.1, 0.15) is 11.9 Å². The highest BCUT2D eigenvalue weighted by Crippen LogP contribution is 2.24. The second-order valence-electron chi connectivity index (χ2n) is 7.26. The summed E-state index contributed by atoms with van der Waals surface area (Å²) >= 11 is 0. The SMILES string of the molecule is NC(=O)OC1CCC(NS(=O)(=O)c2ccc(F)c(C(=O)Nc3ccc(F)c(F)c3)c2)CC1. The zero-order valence-corrected chi connectivity index (χ0v) is 17.4. The zero-order chi connectivity index (χ0) is 23.5. The maximum atomic E-state index is 14.2. The highest BCUT2D eigenvalue weighted by Gasteiger charge is 2.28. The van der Waals surface area contributed by atoms with Crippen LogP contribution in [0.4, 0.5) is 23.7 Å². The molecule has 1 aliphatic carbocycles. The first-order valence-corrected chi connectivity index (χ1v) is 11.1. The third-order valence-electron chi connectivity index (χ3n) is 4.95. The van der Waals surface area contributed by atoms with Gasteiger partial charge in [0, 0.05) is 17.8 Å². The lowest BCUT2D eigenvalue weighted by Crippen LogP contribution is -2.39. The van der Waals surface area contributed by atoms with Gasteiger partial charge >= 0.3 is 6.09 Å². The molecular formula is C20H20F3N3O5S. The average Bonchev–Trinajstić information content (AvgIpc) is 2.71. The molecule has 8 nitrogen and oxygen atoms in total. The van der Waals surface area contributed by atoms with E-state index in [1.165, 1.54) is 0 Å². The standard InChI is InChI=1S/C20H20F3N3O5S/c21-16-8-6-14(10-15(16)19(27)25-12-3-7-17(22)18(23)9-12)32(29,30)26-11-1-4-13(5-2-11)31-20(24)28/h3,6-11,13,26H,1-2,4-5H2,(H2,24,28)(H,25,27). The van der Waals surface area contributed by atoms with Gasteiger partial charge in [-0.2, -0.15) is 0 Å². The van der Waals surface area contributed by atoms with E-state index in [2.05, 4.69) is 10.0 Å². The molecule has 0 radical (unpaired) electrons. The lowest BCUT2D eigenvalue weighted by molar-refractivity contribution is 0.0778. The summed E-state index contributed by atoms with van der Waals surface area (Å²) in [6.45, 7) is 0. The summed E-state index contributed by atoms with van der Waals surface area (Å²) in [5.74, 6) is -4.36. The molecule has 1 aliphatic rings. The predicted molar refractivity (Wildman–Crippen MR) is 108 cm³/mol. The molecule has 4 N–H and O–H groups in total. The van der Waals surface area contributed by atoms with Gasteiger partial charge < -0.3 is 15.8 Å². The van der Waals surface area contributed by atoms with Crippen LogP contribution in [0, 0.1) is 17.5 Å². The Morgan fingerprint density at radius 2 is 1.59 bits per heavy atom. The number of ether oxygens (including phenoxy) is 1. The largest absolute Gasteiger partial charge is 0.446 e. The number of hydrogen-bond donors (Lipinski definition) is 3. The molecule has 1 fully saturated rings. The first-order valence-electron chi connectivity index (χ1n) is 9.59. The van der Waals surface area contributed by atoms with E-state index in [1.54, 1.807) is 0 Å². The molecule has 0 atom stereocenters. The van der Waals surface area contributed by atoms with Gasteiger partial charge in [0.25, 0.3) is 5.91 Å². The smallest absolute Gasteiger partial charge is 0.404 e. The summed E-state index contributed by atoms with van der Waals surface area (Å²) in [6.07, 6.45) is 0.340. The van der Waals surface area contributed by atoms with Crippen molar-refractivity contribution in [3.8, 4) is 0 Å². The van der Waals surface area contributed by atoms with E-state index in [1.807, 2.05) is 0 Å². The molecule has 32 heavy (non-hydrogen) atoms. The van der Waals surface area contributed by atoms with Gasteiger partial charge in [-0.25, -0.2) is 31.1 Å². The number of carbonyl (C=O) groups is 2. The topological polar surface area (TPSA) is 128 Å². The molecule has 3 rings (SSSR count). The van der Waals surface area contributed by atoms with Crippen molar-refractivity contribution in [2.24, 2.45) is 5.73 Å². The van der Waals surface area contributed by atoms with Gasteiger partial charge in [0.2, 0.25) is 10.0 Å². The predicted octanol–water partition coefficient (Wildman–Crippen LogP) is 3.04. The van der Waals surface area contributed by atoms with E-state index >= 15 is 0 Å². The molecule has 0 aliphatic heterocycles. The Bertz CT molecular complexity index is 1140. The molecule has 0 bridgehead atoms. The molecule has 0 saturated heterocycles. The number of sulfonamides is 1. The second kappa shape index (κ2) is 9.57. The molecule has 0 heterocycles. The normalized spacial score (nSPS) is 18.7. The van der Waals surface area contributed by atoms with Crippen molar-refractivity contribution in [1.82, 2.24) is 4.72 Å². The van der Waals surface area contributed by atoms with E-state index < -0.39 is 51.1 Å². The number of rotatable bonds is 6. The second-order valence-corrected chi connectivity index (χ2v) is 8.97. The molecular weight excluding hydrogens is 451 g/mol. The monoisotopic (exact) mass is 471 g/mol. The molecule has 0 unspecified atom stereocenters. The van der Waals surface area contributed by atoms with Crippen LogP contribution in [0.5, 0.6) is 0 Å². The summed E-state index contributed by atoms with van der Waals surface area (Å²) in [6, 6.07) is 4.82. The van der Waals surface area contributed by atoms with E-state index in [0.29, 0.717) is 31.7 Å². The summed E-state index contributed by atoms with van der Waals surface area (Å²) in [4.78, 5) is 22.9. The van der Waals surface area contributed by atoms with Gasteiger partial charge in [0.05, 0.1) is 10.5 Å². The molecule has 172 valence electrons. The number of amides is 2. The maximum absolute atomic E-state index is 14.2. The molecule has 12 heteroatoms. The van der Waals surface area contributed by atoms with Crippen molar-refractivity contribution >= 4 is 27.7 Å². The third kappa shape index (κ3) is 5.77. The fraction of sp³-hybridized carbons (Fsp3) is 0.300. The number of primary amides is 1. The van der Waals surface area contributed by atoms with Crippen molar-refractivity contribution in [3.05, 3.63) is 59.4 Å². The Morgan fingerprint density at radius 1 is 0.938 bits per heavy atom. The van der Waals surface area contributed by atoms with Crippen molar-refractivity contribution in [3.63, 3.8) is 0 Å². The fourth-order valence-corrected chi connectivity index (χ4v) is 4.70. The van der Waals surface area contributed by atoms with E-state index in [4.69, 9.17) is 10.5 Å². The van der Waals surface area contributed by atoms with Gasteiger partial charge in [-0.15, -0.1) is 0 Å². The number of carbonyl (C=O) groups excluding carboxylic acids is 2. The van der Waals surface area contributed by atoms with Crippen LogP contribution in [0.15, 0.2) is 41.3 Å². The van der Waals surface area contributed by atoms with Gasteiger partial charge in [-0.1, -0.05) is 0 Å². The molecule has 1 saturated carbocycles. The number of nitrogens with one attached hydrogen (secondary N) is 2. The lowest BCUT2D eigenvalue weighted by Gasteiger charge is -2.28. The number of hydrogen-bond acceptors (Lipinski definition) is 5. The highest BCUT2D eigenvalue weighted by molar-refractivity contribution is 7.89. The molecule has 2 aromatic carbocycles. The Morgan fingerprint density at radius 3 is 2.22 bits per heavy atom. The van der Waals surface area contributed by atoms with Gasteiger partial charge in [-0.05, 0) is 56.0 Å². The third-order valence-corrected chi connectivity index (χ3v) is 6.47. The van der Waals surface area contributed by atoms with E-state index in [9.17, 15) is 31.2 Å². The highest BCUT2D eigenvalue weighted by atomic mass is 32.2. The van der Waals surface area contributed by atoms with Crippen molar-refractivity contribution in [1.29, 1.82) is 0 Å². The quantitative estimate of drug-likeness (QED) is 0.597. The first-order chi connectivity index (χ1) is 15.0. The Kier molecular flexibility index (Phi) is 7.04. The molecule has 2 aromatic rings. The Labute approximate surface area is 182 Å². The van der Waals surface area contributed by atoms with Crippen LogP contribution in [-0.4, -0.2) is 32.6 Å². The van der Waals surface area contributed by atoms with Gasteiger partial charge in [0.15, 0.2) is 11.6 Å². The molecule has 0 spiro atoms. The van der Waals surface area contributed by atoms with Crippen LogP contribution in [0.25, 0.3) is 0 Å². The average molecular weight is 471 g/mol. The Hall–Kier alpha value is -3.12. The Balaban J connectivity index is 1.71. The fourth-order valence-electron chi connectivity index (χ4n) is 3.37. The number of halogens is 3. The van der Waals surface area contributed by atoms with Crippen LogP contribution in [0.3, 0.4) is 0 Å². The summed E-state index contributed by atoms with van der Waals surface area (Å²) in [5.41, 5.74) is 4.26. The van der Waals surface area contributed by atoms with Crippen molar-refractivity contribution in [2.75, 3.05) is 5.32 Å². The minimum absolute atomic E-state index is 0.130. The summed E-state index contributed by atoms with van der Waals surface area (Å²) in [7, 11) is -4.10. The van der Waals surface area contributed by atoms with Gasteiger partial charge in [-0.3, -0.25) is 4.79 Å². The minimum Gasteiger partial charge on any atom is -0.446 e. The maximum Gasteiger partial charge on any atom is 0.404 e. The number of anilines is 1. The van der Waals surface area contributed by atoms with Crippen LogP contribution in [-0.2, 0) is 14.8 Å². The molecule has 2 amide bonds. The van der Waals surface area contributed by atoms with E-state index in [0.717, 1.165) is 30.3 Å². The zero-order valence-electron chi connectivity index (χ0n) is 16.6. The first kappa shape index (κ1) is 23.5. The summed E-state index contributed by atoms with van der Waals surface area (Å²) in [5, 5.41) is 2.20. The molecule has 0 aromatic heterocycles. The number of nitrogens with two attached hydrogens (primary N) is 1. The van der Waals surface area contributed by atoms with Crippen LogP contribution in [0.2, 0.25) is 0 Å². The summed E-state index contributed by atoms with van der Waals surface area (Å²) < 4.78 is 73.4. The van der Waals surface area contributed by atoms with Crippen molar-refractivity contribution < 1.29 is 35.9 Å². The van der Waals surface area contributed by atoms with Crippen molar-refractivity contribution in [2.45, 2.75) is 42.7 Å². The van der Waals surface area contributed by atoms with E-state index in [-0.39, 0.29) is 16.7 Å². The van der Waals surface area contributed by atoms with Crippen LogP contribution < -0.4 is 15.8 Å². The van der Waals surface area contributed by atoms with Crippen LogP contribution in [0.1, 0.15) is 36.0 Å².